The van der Waals surface area contributed by atoms with Gasteiger partial charge in [0.1, 0.15) is 0 Å². The quantitative estimate of drug-likeness (QED) is 0.448. The SMILES string of the molecule is CC(=O)OCC1C=CCCC1. The Morgan fingerprint density at radius 3 is 3.09 bits per heavy atom. The van der Waals surface area contributed by atoms with E-state index in [1.54, 1.807) is 0 Å². The molecule has 1 atom stereocenters. The fourth-order valence-electron chi connectivity index (χ4n) is 1.25. The van der Waals surface area contributed by atoms with Crippen molar-refractivity contribution in [3.05, 3.63) is 12.2 Å². The molecule has 1 aliphatic carbocycles. The van der Waals surface area contributed by atoms with Gasteiger partial charge in [-0.3, -0.25) is 4.79 Å². The summed E-state index contributed by atoms with van der Waals surface area (Å²) in [5, 5.41) is 0. The molecule has 0 heterocycles. The molecule has 0 fully saturated rings. The first kappa shape index (κ1) is 8.31. The monoisotopic (exact) mass is 154 g/mol. The van der Waals surface area contributed by atoms with Crippen LogP contribution in [0.1, 0.15) is 26.2 Å². The van der Waals surface area contributed by atoms with Crippen molar-refractivity contribution >= 4 is 5.97 Å². The molecule has 0 aromatic heterocycles. The van der Waals surface area contributed by atoms with E-state index in [-0.39, 0.29) is 5.97 Å². The number of allylic oxidation sites excluding steroid dienone is 1. The fraction of sp³-hybridized carbons (Fsp3) is 0.667. The van der Waals surface area contributed by atoms with Gasteiger partial charge in [0.05, 0.1) is 6.61 Å². The van der Waals surface area contributed by atoms with Crippen molar-refractivity contribution in [1.29, 1.82) is 0 Å². The molecule has 2 heteroatoms. The smallest absolute Gasteiger partial charge is 0.302 e. The molecule has 0 bridgehead atoms. The number of ether oxygens (including phenoxy) is 1. The summed E-state index contributed by atoms with van der Waals surface area (Å²) in [7, 11) is 0. The molecular weight excluding hydrogens is 140 g/mol. The van der Waals surface area contributed by atoms with Crippen LogP contribution in [0, 0.1) is 5.92 Å². The molecule has 11 heavy (non-hydrogen) atoms. The molecule has 0 amide bonds. The van der Waals surface area contributed by atoms with Gasteiger partial charge in [-0.15, -0.1) is 0 Å². The van der Waals surface area contributed by atoms with Crippen LogP contribution >= 0.6 is 0 Å². The predicted molar refractivity (Wildman–Crippen MR) is 43.1 cm³/mol. The zero-order chi connectivity index (χ0) is 8.10. The van der Waals surface area contributed by atoms with E-state index in [9.17, 15) is 4.79 Å². The Bertz CT molecular complexity index is 161. The van der Waals surface area contributed by atoms with E-state index in [0.29, 0.717) is 12.5 Å². The van der Waals surface area contributed by atoms with E-state index in [1.807, 2.05) is 0 Å². The first-order chi connectivity index (χ1) is 5.29. The topological polar surface area (TPSA) is 26.3 Å². The maximum atomic E-state index is 10.4. The van der Waals surface area contributed by atoms with Crippen LogP contribution in [0.2, 0.25) is 0 Å². The van der Waals surface area contributed by atoms with Crippen LogP contribution in [0.4, 0.5) is 0 Å². The number of rotatable bonds is 2. The second-order valence-electron chi connectivity index (χ2n) is 2.92. The minimum atomic E-state index is -0.177. The molecule has 0 spiro atoms. The summed E-state index contributed by atoms with van der Waals surface area (Å²) < 4.78 is 4.89. The van der Waals surface area contributed by atoms with Crippen LogP contribution < -0.4 is 0 Å². The molecule has 0 saturated heterocycles. The summed E-state index contributed by atoms with van der Waals surface area (Å²) in [6, 6.07) is 0. The average Bonchev–Trinajstić information content (AvgIpc) is 2.03. The zero-order valence-corrected chi connectivity index (χ0v) is 6.88. The molecule has 1 aliphatic rings. The number of carbonyl (C=O) groups excluding carboxylic acids is 1. The van der Waals surface area contributed by atoms with E-state index >= 15 is 0 Å². The van der Waals surface area contributed by atoms with E-state index in [1.165, 1.54) is 19.8 Å². The molecule has 0 N–H and O–H groups in total. The summed E-state index contributed by atoms with van der Waals surface area (Å²) >= 11 is 0. The van der Waals surface area contributed by atoms with Gasteiger partial charge in [-0.25, -0.2) is 0 Å². The molecular formula is C9H14O2. The van der Waals surface area contributed by atoms with Crippen molar-refractivity contribution in [1.82, 2.24) is 0 Å². The normalized spacial score (nSPS) is 23.2. The lowest BCUT2D eigenvalue weighted by Gasteiger charge is -2.15. The summed E-state index contributed by atoms with van der Waals surface area (Å²) in [4.78, 5) is 10.4. The first-order valence-electron chi connectivity index (χ1n) is 4.09. The summed E-state index contributed by atoms with van der Waals surface area (Å²) in [6.45, 7) is 2.01. The highest BCUT2D eigenvalue weighted by Crippen LogP contribution is 2.16. The third-order valence-corrected chi connectivity index (χ3v) is 1.85. The van der Waals surface area contributed by atoms with Gasteiger partial charge in [0, 0.05) is 12.8 Å². The van der Waals surface area contributed by atoms with Crippen molar-refractivity contribution < 1.29 is 9.53 Å². The number of esters is 1. The van der Waals surface area contributed by atoms with Gasteiger partial charge < -0.3 is 4.74 Å². The highest BCUT2D eigenvalue weighted by molar-refractivity contribution is 5.65. The lowest BCUT2D eigenvalue weighted by Crippen LogP contribution is -2.11. The molecule has 0 aliphatic heterocycles. The van der Waals surface area contributed by atoms with Crippen LogP contribution in [-0.4, -0.2) is 12.6 Å². The Hall–Kier alpha value is -0.790. The standard InChI is InChI=1S/C9H14O2/c1-8(10)11-7-9-5-3-2-4-6-9/h3,5,9H,2,4,6-7H2,1H3. The van der Waals surface area contributed by atoms with Crippen LogP contribution in [0.5, 0.6) is 0 Å². The first-order valence-corrected chi connectivity index (χ1v) is 4.09. The number of hydrogen-bond donors (Lipinski definition) is 0. The van der Waals surface area contributed by atoms with E-state index in [2.05, 4.69) is 12.2 Å². The van der Waals surface area contributed by atoms with E-state index in [4.69, 9.17) is 4.74 Å². The molecule has 0 aromatic carbocycles. The Morgan fingerprint density at radius 1 is 1.73 bits per heavy atom. The molecule has 1 unspecified atom stereocenters. The molecule has 2 nitrogen and oxygen atoms in total. The molecule has 0 aromatic rings. The Kier molecular flexibility index (Phi) is 3.14. The Balaban J connectivity index is 2.20. The van der Waals surface area contributed by atoms with Gasteiger partial charge in [0.25, 0.3) is 0 Å². The minimum absolute atomic E-state index is 0.177. The van der Waals surface area contributed by atoms with Gasteiger partial charge in [0.2, 0.25) is 0 Å². The maximum absolute atomic E-state index is 10.4. The second kappa shape index (κ2) is 4.16. The number of carbonyl (C=O) groups is 1. The lowest BCUT2D eigenvalue weighted by molar-refractivity contribution is -0.141. The van der Waals surface area contributed by atoms with Crippen LogP contribution in [0.15, 0.2) is 12.2 Å². The highest BCUT2D eigenvalue weighted by atomic mass is 16.5. The third-order valence-electron chi connectivity index (χ3n) is 1.85. The zero-order valence-electron chi connectivity index (χ0n) is 6.88. The lowest BCUT2D eigenvalue weighted by atomic mass is 9.97. The minimum Gasteiger partial charge on any atom is -0.465 e. The van der Waals surface area contributed by atoms with Gasteiger partial charge >= 0.3 is 5.97 Å². The second-order valence-corrected chi connectivity index (χ2v) is 2.92. The summed E-state index contributed by atoms with van der Waals surface area (Å²) in [6.07, 6.45) is 7.87. The average molecular weight is 154 g/mol. The van der Waals surface area contributed by atoms with Gasteiger partial charge in [-0.1, -0.05) is 12.2 Å². The highest BCUT2D eigenvalue weighted by Gasteiger charge is 2.08. The van der Waals surface area contributed by atoms with Crippen molar-refractivity contribution in [2.24, 2.45) is 5.92 Å². The number of hydrogen-bond acceptors (Lipinski definition) is 2. The largest absolute Gasteiger partial charge is 0.465 e. The van der Waals surface area contributed by atoms with Crippen LogP contribution in [-0.2, 0) is 9.53 Å². The van der Waals surface area contributed by atoms with E-state index in [0.717, 1.165) is 6.42 Å². The van der Waals surface area contributed by atoms with Crippen molar-refractivity contribution in [2.45, 2.75) is 26.2 Å². The predicted octanol–water partition coefficient (Wildman–Crippen LogP) is 1.91. The van der Waals surface area contributed by atoms with E-state index < -0.39 is 0 Å². The fourth-order valence-corrected chi connectivity index (χ4v) is 1.25. The van der Waals surface area contributed by atoms with Crippen molar-refractivity contribution in [3.63, 3.8) is 0 Å². The van der Waals surface area contributed by atoms with Gasteiger partial charge in [-0.05, 0) is 19.3 Å². The van der Waals surface area contributed by atoms with Gasteiger partial charge in [0.15, 0.2) is 0 Å². The maximum Gasteiger partial charge on any atom is 0.302 e. The van der Waals surface area contributed by atoms with Crippen LogP contribution in [0.3, 0.4) is 0 Å². The molecule has 0 saturated carbocycles. The molecule has 62 valence electrons. The van der Waals surface area contributed by atoms with Crippen molar-refractivity contribution in [2.75, 3.05) is 6.61 Å². The summed E-state index contributed by atoms with van der Waals surface area (Å²) in [5.41, 5.74) is 0. The Morgan fingerprint density at radius 2 is 2.55 bits per heavy atom. The summed E-state index contributed by atoms with van der Waals surface area (Å²) in [5.74, 6) is 0.289. The molecule has 1 rings (SSSR count). The van der Waals surface area contributed by atoms with Crippen LogP contribution in [0.25, 0.3) is 0 Å². The molecule has 0 radical (unpaired) electrons. The van der Waals surface area contributed by atoms with Gasteiger partial charge in [-0.2, -0.15) is 0 Å². The van der Waals surface area contributed by atoms with Crippen molar-refractivity contribution in [3.8, 4) is 0 Å². The third kappa shape index (κ3) is 3.21. The Labute approximate surface area is 67.2 Å².